The molecule has 0 saturated heterocycles. The molecular weight excluding hydrogens is 382 g/mol. The van der Waals surface area contributed by atoms with Crippen LogP contribution in [0, 0.1) is 13.8 Å². The Morgan fingerprint density at radius 3 is 2.62 bits per heavy atom. The molecule has 29 heavy (non-hydrogen) atoms. The Morgan fingerprint density at radius 2 is 1.83 bits per heavy atom. The highest BCUT2D eigenvalue weighted by Gasteiger charge is 2.31. The minimum atomic E-state index is -0.294. The fourth-order valence-corrected chi connectivity index (χ4v) is 4.65. The molecule has 1 aliphatic carbocycles. The zero-order valence-electron chi connectivity index (χ0n) is 16.5. The summed E-state index contributed by atoms with van der Waals surface area (Å²) in [5.41, 5.74) is 4.45. The van der Waals surface area contributed by atoms with E-state index < -0.39 is 0 Å². The Balaban J connectivity index is 1.53. The van der Waals surface area contributed by atoms with Gasteiger partial charge in [-0.2, -0.15) is 0 Å². The van der Waals surface area contributed by atoms with Crippen molar-refractivity contribution in [3.8, 4) is 0 Å². The predicted molar refractivity (Wildman–Crippen MR) is 117 cm³/mol. The van der Waals surface area contributed by atoms with Crippen molar-refractivity contribution in [2.24, 2.45) is 0 Å². The standard InChI is InChI=1S/C23H23N3O2S/c1-14-8-6-12-18(15(14)2)24-22(28)17-11-7-13-19-20(17)25-23(29-19)26-21(27)16-9-4-3-5-10-16/h3-6,8-10,12,17H,7,11,13H2,1-2H3,(H,24,28)(H,25,26,27)/t17-/m1/s1. The molecule has 2 aromatic carbocycles. The van der Waals surface area contributed by atoms with E-state index in [4.69, 9.17) is 0 Å². The monoisotopic (exact) mass is 405 g/mol. The van der Waals surface area contributed by atoms with Crippen LogP contribution in [0.4, 0.5) is 10.8 Å². The number of amides is 2. The first-order valence-electron chi connectivity index (χ1n) is 9.76. The van der Waals surface area contributed by atoms with E-state index in [0.29, 0.717) is 10.7 Å². The van der Waals surface area contributed by atoms with Gasteiger partial charge in [-0.05, 0) is 62.4 Å². The summed E-state index contributed by atoms with van der Waals surface area (Å²) in [6.45, 7) is 4.04. The molecule has 1 aromatic heterocycles. The number of hydrogen-bond acceptors (Lipinski definition) is 4. The summed E-state index contributed by atoms with van der Waals surface area (Å²) in [7, 11) is 0. The normalized spacial score (nSPS) is 15.4. The molecule has 1 aliphatic rings. The predicted octanol–water partition coefficient (Wildman–Crippen LogP) is 5.07. The molecule has 6 heteroatoms. The third-order valence-electron chi connectivity index (χ3n) is 5.39. The molecule has 1 heterocycles. The van der Waals surface area contributed by atoms with Gasteiger partial charge in [-0.25, -0.2) is 4.98 Å². The first-order valence-corrected chi connectivity index (χ1v) is 10.6. The highest BCUT2D eigenvalue weighted by Crippen LogP contribution is 2.37. The summed E-state index contributed by atoms with van der Waals surface area (Å²) in [5.74, 6) is -0.517. The second-order valence-electron chi connectivity index (χ2n) is 7.33. The van der Waals surface area contributed by atoms with Crippen molar-refractivity contribution in [1.82, 2.24) is 4.98 Å². The van der Waals surface area contributed by atoms with Gasteiger partial charge in [0.05, 0.1) is 11.6 Å². The molecule has 0 spiro atoms. The van der Waals surface area contributed by atoms with Crippen molar-refractivity contribution in [2.75, 3.05) is 10.6 Å². The van der Waals surface area contributed by atoms with Crippen molar-refractivity contribution >= 4 is 34.0 Å². The molecule has 0 unspecified atom stereocenters. The second-order valence-corrected chi connectivity index (χ2v) is 8.41. The van der Waals surface area contributed by atoms with E-state index in [-0.39, 0.29) is 17.7 Å². The number of anilines is 2. The number of fused-ring (bicyclic) bond motifs is 1. The average Bonchev–Trinajstić information content (AvgIpc) is 3.14. The zero-order valence-corrected chi connectivity index (χ0v) is 17.3. The number of carbonyl (C=O) groups excluding carboxylic acids is 2. The van der Waals surface area contributed by atoms with Gasteiger partial charge in [-0.1, -0.05) is 30.3 Å². The minimum absolute atomic E-state index is 0.0362. The van der Waals surface area contributed by atoms with Crippen LogP contribution in [0.3, 0.4) is 0 Å². The molecule has 1 atom stereocenters. The lowest BCUT2D eigenvalue weighted by atomic mass is 9.90. The number of aromatic nitrogens is 1. The van der Waals surface area contributed by atoms with E-state index in [1.54, 1.807) is 12.1 Å². The first-order chi connectivity index (χ1) is 14.0. The molecule has 148 valence electrons. The number of benzene rings is 2. The van der Waals surface area contributed by atoms with E-state index in [2.05, 4.69) is 15.6 Å². The van der Waals surface area contributed by atoms with Crippen LogP contribution < -0.4 is 10.6 Å². The molecule has 0 radical (unpaired) electrons. The van der Waals surface area contributed by atoms with E-state index in [9.17, 15) is 9.59 Å². The number of nitrogens with one attached hydrogen (secondary N) is 2. The van der Waals surface area contributed by atoms with Crippen LogP contribution in [0.15, 0.2) is 48.5 Å². The van der Waals surface area contributed by atoms with E-state index in [0.717, 1.165) is 46.6 Å². The molecule has 5 nitrogen and oxygen atoms in total. The molecule has 0 aliphatic heterocycles. The van der Waals surface area contributed by atoms with E-state index >= 15 is 0 Å². The summed E-state index contributed by atoms with van der Waals surface area (Å²) in [6.07, 6.45) is 2.59. The van der Waals surface area contributed by atoms with Gasteiger partial charge in [0.15, 0.2) is 5.13 Å². The van der Waals surface area contributed by atoms with Gasteiger partial charge in [0, 0.05) is 16.1 Å². The SMILES string of the molecule is Cc1cccc(NC(=O)[C@@H]2CCCc3sc(NC(=O)c4ccccc4)nc32)c1C. The Kier molecular flexibility index (Phi) is 5.45. The summed E-state index contributed by atoms with van der Waals surface area (Å²) in [6, 6.07) is 15.0. The quantitative estimate of drug-likeness (QED) is 0.636. The Bertz CT molecular complexity index is 1060. The van der Waals surface area contributed by atoms with Crippen LogP contribution in [0.25, 0.3) is 0 Å². The van der Waals surface area contributed by atoms with Crippen molar-refractivity contribution < 1.29 is 9.59 Å². The van der Waals surface area contributed by atoms with Gasteiger partial charge in [0.25, 0.3) is 5.91 Å². The number of thiazole rings is 1. The minimum Gasteiger partial charge on any atom is -0.325 e. The van der Waals surface area contributed by atoms with Crippen molar-refractivity contribution in [3.05, 3.63) is 75.8 Å². The molecule has 3 aromatic rings. The van der Waals surface area contributed by atoms with Gasteiger partial charge in [0.1, 0.15) is 0 Å². The summed E-state index contributed by atoms with van der Waals surface area (Å²) < 4.78 is 0. The van der Waals surface area contributed by atoms with Gasteiger partial charge >= 0.3 is 0 Å². The highest BCUT2D eigenvalue weighted by atomic mass is 32.1. The summed E-state index contributed by atoms with van der Waals surface area (Å²) in [4.78, 5) is 31.2. The van der Waals surface area contributed by atoms with E-state index in [1.807, 2.05) is 50.2 Å². The molecule has 2 amide bonds. The number of rotatable bonds is 4. The van der Waals surface area contributed by atoms with Crippen molar-refractivity contribution in [2.45, 2.75) is 39.0 Å². The maximum absolute atomic E-state index is 13.0. The first kappa shape index (κ1) is 19.3. The van der Waals surface area contributed by atoms with Gasteiger partial charge in [-0.15, -0.1) is 11.3 Å². The molecule has 0 bridgehead atoms. The average molecular weight is 406 g/mol. The maximum Gasteiger partial charge on any atom is 0.257 e. The third-order valence-corrected chi connectivity index (χ3v) is 6.44. The third kappa shape index (κ3) is 4.07. The largest absolute Gasteiger partial charge is 0.325 e. The number of aryl methyl sites for hydroxylation is 2. The smallest absolute Gasteiger partial charge is 0.257 e. The summed E-state index contributed by atoms with van der Waals surface area (Å²) >= 11 is 1.47. The van der Waals surface area contributed by atoms with Crippen LogP contribution in [-0.2, 0) is 11.2 Å². The van der Waals surface area contributed by atoms with Crippen LogP contribution in [-0.4, -0.2) is 16.8 Å². The van der Waals surface area contributed by atoms with Crippen LogP contribution in [0.1, 0.15) is 50.8 Å². The van der Waals surface area contributed by atoms with Crippen molar-refractivity contribution in [1.29, 1.82) is 0 Å². The van der Waals surface area contributed by atoms with Crippen LogP contribution in [0.5, 0.6) is 0 Å². The molecule has 4 rings (SSSR count). The molecular formula is C23H23N3O2S. The lowest BCUT2D eigenvalue weighted by Crippen LogP contribution is -2.25. The lowest BCUT2D eigenvalue weighted by molar-refractivity contribution is -0.117. The van der Waals surface area contributed by atoms with Gasteiger partial charge in [-0.3, -0.25) is 14.9 Å². The molecule has 2 N–H and O–H groups in total. The fourth-order valence-electron chi connectivity index (χ4n) is 3.59. The Hall–Kier alpha value is -2.99. The Morgan fingerprint density at radius 1 is 1.03 bits per heavy atom. The molecule has 0 fully saturated rings. The second kappa shape index (κ2) is 8.17. The number of nitrogens with zero attached hydrogens (tertiary/aromatic N) is 1. The zero-order chi connectivity index (χ0) is 20.4. The summed E-state index contributed by atoms with van der Waals surface area (Å²) in [5, 5.41) is 6.51. The molecule has 0 saturated carbocycles. The highest BCUT2D eigenvalue weighted by molar-refractivity contribution is 7.16. The van der Waals surface area contributed by atoms with E-state index in [1.165, 1.54) is 11.3 Å². The lowest BCUT2D eigenvalue weighted by Gasteiger charge is -2.21. The maximum atomic E-state index is 13.0. The number of hydrogen-bond donors (Lipinski definition) is 2. The van der Waals surface area contributed by atoms with Crippen LogP contribution in [0.2, 0.25) is 0 Å². The topological polar surface area (TPSA) is 71.1 Å². The van der Waals surface area contributed by atoms with Crippen LogP contribution >= 0.6 is 11.3 Å². The van der Waals surface area contributed by atoms with Gasteiger partial charge < -0.3 is 5.32 Å². The number of carbonyl (C=O) groups is 2. The fraction of sp³-hybridized carbons (Fsp3) is 0.261. The van der Waals surface area contributed by atoms with Crippen molar-refractivity contribution in [3.63, 3.8) is 0 Å². The van der Waals surface area contributed by atoms with Gasteiger partial charge in [0.2, 0.25) is 5.91 Å². The Labute approximate surface area is 174 Å².